The first-order valence-electron chi connectivity index (χ1n) is 35.2. The van der Waals surface area contributed by atoms with E-state index in [0.29, 0.717) is 0 Å². The Morgan fingerprint density at radius 1 is 0.109 bits per heavy atom. The lowest BCUT2D eigenvalue weighted by atomic mass is 9.94. The number of hydrogen-bond donors (Lipinski definition) is 30. The lowest BCUT2D eigenvalue weighted by Crippen LogP contribution is -2.69. The summed E-state index contributed by atoms with van der Waals surface area (Å²) < 4.78 is 114. The van der Waals surface area contributed by atoms with Crippen LogP contribution in [0.3, 0.4) is 0 Å². The van der Waals surface area contributed by atoms with E-state index in [0.717, 1.165) is 0 Å². The molecule has 110 heavy (non-hydrogen) atoms. The Morgan fingerprint density at radius 3 is 0.245 bits per heavy atom. The molecule has 38 aliphatic heterocycles. The average Bonchev–Trinajstić information content (AvgIpc) is 0.777. The SMILES string of the molecule is OC[C@H]1O[C@@H]2OC3[C@@H](CO)O[C@H](OC4[C@@H](CO)O[C@H](OC5[C@@H](CO)O[C@H](OC6[C@@H](CO)O[C@H](OC7[C@@H](CO)O[C@H](OC8[C@@H](CO)O[C@H](OC9[C@@H](CO)O[C@H](OC%10[C@@H](CO)O[C@H](OC%11[C@@H](CO)O[C@H](OC1[C@H](O)[C@H]2O)[C@H](O)[C@H]%11O)[C@H](O)[C@H]%10O)[C@H](O)[C@H]9O)[C@H](O)[C@H]8O)[C@H](O)[C@H]7O)[C@H](O)[C@H]6O)[C@H](O)[C@H]5O)[C@H](O)[C@H]4O)[C@H](O)[C@H]3O. The zero-order valence-electron chi connectivity index (χ0n) is 57.5. The maximum Gasteiger partial charge on any atom is 0.187 e. The van der Waals surface area contributed by atoms with Gasteiger partial charge in [-0.15, -0.1) is 0 Å². The van der Waals surface area contributed by atoms with E-state index >= 15 is 0 Å². The summed E-state index contributed by atoms with van der Waals surface area (Å²) in [5.74, 6) is 0. The Kier molecular flexibility index (Phi) is 30.6. The molecule has 0 aromatic rings. The van der Waals surface area contributed by atoms with E-state index in [1.54, 1.807) is 0 Å². The number of rotatable bonds is 10. The van der Waals surface area contributed by atoms with Crippen LogP contribution in [0.1, 0.15) is 0 Å². The van der Waals surface area contributed by atoms with Gasteiger partial charge in [-0.05, 0) is 0 Å². The van der Waals surface area contributed by atoms with Crippen molar-refractivity contribution in [2.75, 3.05) is 66.1 Å². The highest BCUT2D eigenvalue weighted by molar-refractivity contribution is 5.04. The fourth-order valence-electron chi connectivity index (χ4n) is 14.9. The van der Waals surface area contributed by atoms with Crippen LogP contribution in [0.5, 0.6) is 0 Å². The minimum absolute atomic E-state index is 1.13. The van der Waals surface area contributed by atoms with Gasteiger partial charge in [-0.2, -0.15) is 0 Å². The Labute approximate surface area is 619 Å². The molecule has 640 valence electrons. The lowest BCUT2D eigenvalue weighted by Gasteiger charge is -2.50. The maximum atomic E-state index is 11.5. The fourth-order valence-corrected chi connectivity index (χ4v) is 14.9. The van der Waals surface area contributed by atoms with Crippen LogP contribution in [0.25, 0.3) is 0 Å². The predicted molar refractivity (Wildman–Crippen MR) is 326 cm³/mol. The zero-order chi connectivity index (χ0) is 80.1. The van der Waals surface area contributed by atoms with Crippen molar-refractivity contribution in [3.05, 3.63) is 0 Å². The molecule has 0 spiro atoms. The molecule has 0 aromatic carbocycles. The summed E-state index contributed by atoms with van der Waals surface area (Å²) in [5, 5.41) is 334. The summed E-state index contributed by atoms with van der Waals surface area (Å²) in [5.41, 5.74) is 0. The molecule has 20 bridgehead atoms. The Hall–Kier alpha value is -2.00. The smallest absolute Gasteiger partial charge is 0.187 e. The molecule has 38 rings (SSSR count). The van der Waals surface area contributed by atoms with E-state index in [4.69, 9.17) is 94.7 Å². The third-order valence-electron chi connectivity index (χ3n) is 21.1. The highest BCUT2D eigenvalue weighted by atomic mass is 16.8. The third kappa shape index (κ3) is 17.6. The van der Waals surface area contributed by atoms with Gasteiger partial charge < -0.3 is 248 Å². The molecule has 0 aromatic heterocycles. The first kappa shape index (κ1) is 88.8. The van der Waals surface area contributed by atoms with Gasteiger partial charge in [0.15, 0.2) is 62.9 Å². The Morgan fingerprint density at radius 2 is 0.182 bits per heavy atom. The molecule has 0 radical (unpaired) electrons. The van der Waals surface area contributed by atoms with E-state index < -0.39 is 373 Å². The van der Waals surface area contributed by atoms with Crippen molar-refractivity contribution < 1.29 is 248 Å². The molecule has 38 fully saturated rings. The molecule has 0 aliphatic carbocycles. The zero-order valence-corrected chi connectivity index (χ0v) is 57.5. The van der Waals surface area contributed by atoms with Crippen LogP contribution in [-0.4, -0.2) is 526 Å². The lowest BCUT2D eigenvalue weighted by molar-refractivity contribution is -0.404. The van der Waals surface area contributed by atoms with Crippen LogP contribution in [-0.2, 0) is 94.7 Å². The molecule has 50 heteroatoms. The quantitative estimate of drug-likeness (QED) is 0.0966. The van der Waals surface area contributed by atoms with Crippen molar-refractivity contribution in [1.29, 1.82) is 0 Å². The number of aliphatic hydroxyl groups excluding tert-OH is 30. The molecule has 38 saturated heterocycles. The van der Waals surface area contributed by atoms with Crippen LogP contribution in [0.2, 0.25) is 0 Å². The molecule has 50 atom stereocenters. The largest absolute Gasteiger partial charge is 0.394 e. The molecule has 0 amide bonds. The van der Waals surface area contributed by atoms with Gasteiger partial charge in [-0.3, -0.25) is 0 Å². The molecule has 50 nitrogen and oxygen atoms in total. The van der Waals surface area contributed by atoms with E-state index in [-0.39, 0.29) is 0 Å². The highest BCUT2D eigenvalue weighted by Crippen LogP contribution is 2.41. The monoisotopic (exact) mass is 1620 g/mol. The van der Waals surface area contributed by atoms with Crippen LogP contribution in [0.15, 0.2) is 0 Å². The Bertz CT molecular complexity index is 2190. The molecule has 30 N–H and O–H groups in total. The van der Waals surface area contributed by atoms with Gasteiger partial charge >= 0.3 is 0 Å². The molecule has 38 heterocycles. The van der Waals surface area contributed by atoms with Gasteiger partial charge in [0, 0.05) is 0 Å². The minimum atomic E-state index is -2.31. The molecule has 10 unspecified atom stereocenters. The van der Waals surface area contributed by atoms with Crippen molar-refractivity contribution in [3.8, 4) is 0 Å². The van der Waals surface area contributed by atoms with Gasteiger partial charge in [0.25, 0.3) is 0 Å². The summed E-state index contributed by atoms with van der Waals surface area (Å²) in [7, 11) is 0. The number of hydrogen-bond acceptors (Lipinski definition) is 50. The second kappa shape index (κ2) is 37.9. The van der Waals surface area contributed by atoms with E-state index in [9.17, 15) is 153 Å². The van der Waals surface area contributed by atoms with Crippen LogP contribution in [0, 0.1) is 0 Å². The summed E-state index contributed by atoms with van der Waals surface area (Å²) in [6.45, 7) is -11.3. The maximum absolute atomic E-state index is 11.5. The first-order valence-corrected chi connectivity index (χ1v) is 35.2. The molecular formula is C60H100O50. The van der Waals surface area contributed by atoms with Crippen molar-refractivity contribution in [2.45, 2.75) is 307 Å². The van der Waals surface area contributed by atoms with Crippen molar-refractivity contribution in [2.24, 2.45) is 0 Å². The van der Waals surface area contributed by atoms with E-state index in [1.807, 2.05) is 0 Å². The average molecular weight is 1620 g/mol. The molecular weight excluding hydrogens is 1520 g/mol. The summed E-state index contributed by atoms with van der Waals surface area (Å²) >= 11 is 0. The van der Waals surface area contributed by atoms with Gasteiger partial charge in [0.1, 0.15) is 244 Å². The van der Waals surface area contributed by atoms with Crippen LogP contribution < -0.4 is 0 Å². The van der Waals surface area contributed by atoms with Crippen molar-refractivity contribution in [3.63, 3.8) is 0 Å². The molecule has 38 aliphatic rings. The predicted octanol–water partition coefficient (Wildman–Crippen LogP) is -21.8. The van der Waals surface area contributed by atoms with Gasteiger partial charge in [0.05, 0.1) is 66.1 Å². The second-order valence-electron chi connectivity index (χ2n) is 28.1. The summed E-state index contributed by atoms with van der Waals surface area (Å²) in [6.07, 6.45) is -106. The Balaban J connectivity index is 0.825. The molecule has 0 saturated carbocycles. The standard InChI is InChI=1S/C60H100O50/c61-1-11-41-21(71)31(81)51(91-11)102-42-12(2-62)93-53(33(83)23(42)73)104-44-14(4-64)95-55(35(85)25(44)75)106-46-16(6-66)97-57(37(87)27(46)77)108-48-18(8-68)99-59(39(89)29(48)79)110-50-20(10-70)100-60(40(90)30(50)80)109-49-19(9-69)98-58(38(88)28(49)78)107-47-17(7-67)96-56(36(86)26(47)76)105-45-15(5-65)94-54(34(84)24(45)74)103-43-13(3-63)92-52(101-41)32(82)22(43)72/h11-90H,1-10H2/t11-,12-,13-,14-,15-,16-,17-,18-,19-,20-,21-,22-,23-,24-,25-,26-,27-,28-,29-,30-,31-,32-,33-,34-,35-,36-,37-,38-,39-,40-,41?,42?,43?,44?,45?,46?,47?,48?,49?,50?,51-,52-,53-,54-,55-,56-,57-,58-,59-,60-/m1/s1. The third-order valence-corrected chi connectivity index (χ3v) is 21.1. The van der Waals surface area contributed by atoms with Crippen molar-refractivity contribution in [1.82, 2.24) is 0 Å². The normalized spacial score (nSPS) is 55.4. The van der Waals surface area contributed by atoms with E-state index in [2.05, 4.69) is 0 Å². The topological polar surface area (TPSA) is 792 Å². The fraction of sp³-hybridized carbons (Fsp3) is 1.00. The van der Waals surface area contributed by atoms with Crippen molar-refractivity contribution >= 4 is 0 Å². The minimum Gasteiger partial charge on any atom is -0.394 e. The number of ether oxygens (including phenoxy) is 20. The second-order valence-corrected chi connectivity index (χ2v) is 28.1. The van der Waals surface area contributed by atoms with Gasteiger partial charge in [0.2, 0.25) is 0 Å². The van der Waals surface area contributed by atoms with Crippen LogP contribution in [0.4, 0.5) is 0 Å². The van der Waals surface area contributed by atoms with Crippen LogP contribution >= 0.6 is 0 Å². The van der Waals surface area contributed by atoms with Gasteiger partial charge in [-0.1, -0.05) is 0 Å². The van der Waals surface area contributed by atoms with Gasteiger partial charge in [-0.25, -0.2) is 0 Å². The summed E-state index contributed by atoms with van der Waals surface area (Å²) in [4.78, 5) is 0. The highest BCUT2D eigenvalue weighted by Gasteiger charge is 2.62. The van der Waals surface area contributed by atoms with E-state index in [1.165, 1.54) is 0 Å². The first-order chi connectivity index (χ1) is 52.4. The number of aliphatic hydroxyl groups is 30. The summed E-state index contributed by atoms with van der Waals surface area (Å²) in [6, 6.07) is 0.